The molecular weight excluding hydrogens is 362 g/mol. The highest BCUT2D eigenvalue weighted by atomic mass is 16.5. The lowest BCUT2D eigenvalue weighted by Crippen LogP contribution is -2.48. The summed E-state index contributed by atoms with van der Waals surface area (Å²) >= 11 is 0. The first-order valence-corrected chi connectivity index (χ1v) is 10.4. The smallest absolute Gasteiger partial charge is 0.224 e. The SMILES string of the molecule is CCOc1ccc(NCCC(=O)N2CCN(C/C=C/c3ccccc3)CC2)cc1. The molecule has 0 aliphatic carbocycles. The third-order valence-electron chi connectivity index (χ3n) is 5.03. The van der Waals surface area contributed by atoms with Gasteiger partial charge in [0.05, 0.1) is 6.61 Å². The minimum atomic E-state index is 0.225. The van der Waals surface area contributed by atoms with Gasteiger partial charge in [0.2, 0.25) is 5.91 Å². The average Bonchev–Trinajstić information content (AvgIpc) is 2.76. The summed E-state index contributed by atoms with van der Waals surface area (Å²) in [5.74, 6) is 1.09. The van der Waals surface area contributed by atoms with Crippen LogP contribution in [-0.2, 0) is 4.79 Å². The summed E-state index contributed by atoms with van der Waals surface area (Å²) in [5, 5.41) is 3.31. The maximum Gasteiger partial charge on any atom is 0.224 e. The van der Waals surface area contributed by atoms with Gasteiger partial charge in [0.1, 0.15) is 5.75 Å². The third-order valence-corrected chi connectivity index (χ3v) is 5.03. The molecule has 5 heteroatoms. The number of carbonyl (C=O) groups excluding carboxylic acids is 1. The van der Waals surface area contributed by atoms with Crippen LogP contribution in [0, 0.1) is 0 Å². The van der Waals surface area contributed by atoms with E-state index in [4.69, 9.17) is 4.74 Å². The van der Waals surface area contributed by atoms with Gasteiger partial charge >= 0.3 is 0 Å². The number of hydrogen-bond acceptors (Lipinski definition) is 4. The molecule has 1 aliphatic heterocycles. The molecule has 1 heterocycles. The second kappa shape index (κ2) is 11.3. The summed E-state index contributed by atoms with van der Waals surface area (Å²) < 4.78 is 5.44. The van der Waals surface area contributed by atoms with Crippen LogP contribution in [-0.4, -0.2) is 61.6 Å². The Morgan fingerprint density at radius 2 is 1.76 bits per heavy atom. The molecule has 5 nitrogen and oxygen atoms in total. The number of nitrogens with one attached hydrogen (secondary N) is 1. The Morgan fingerprint density at radius 1 is 1.03 bits per heavy atom. The highest BCUT2D eigenvalue weighted by Crippen LogP contribution is 2.15. The first-order chi connectivity index (χ1) is 14.2. The molecule has 0 saturated carbocycles. The fourth-order valence-corrected chi connectivity index (χ4v) is 3.39. The van der Waals surface area contributed by atoms with Crippen LogP contribution in [0.1, 0.15) is 18.9 Å². The van der Waals surface area contributed by atoms with Crippen molar-refractivity contribution in [3.63, 3.8) is 0 Å². The van der Waals surface area contributed by atoms with Gasteiger partial charge in [0.25, 0.3) is 0 Å². The molecule has 29 heavy (non-hydrogen) atoms. The molecule has 0 atom stereocenters. The predicted molar refractivity (Wildman–Crippen MR) is 119 cm³/mol. The van der Waals surface area contributed by atoms with Gasteiger partial charge in [-0.05, 0) is 36.8 Å². The van der Waals surface area contributed by atoms with Crippen molar-refractivity contribution in [3.05, 3.63) is 66.2 Å². The van der Waals surface area contributed by atoms with Crippen molar-refractivity contribution in [2.45, 2.75) is 13.3 Å². The van der Waals surface area contributed by atoms with Crippen LogP contribution in [0.4, 0.5) is 5.69 Å². The summed E-state index contributed by atoms with van der Waals surface area (Å²) in [7, 11) is 0. The summed E-state index contributed by atoms with van der Waals surface area (Å²) in [6, 6.07) is 18.2. The first kappa shape index (κ1) is 20.9. The standard InChI is InChI=1S/C24H31N3O2/c1-2-29-23-12-10-22(11-13-23)25-15-14-24(28)27-19-17-26(18-20-27)16-6-9-21-7-4-3-5-8-21/h3-13,25H,2,14-20H2,1H3/b9-6+. The molecule has 0 spiro atoms. The number of rotatable bonds is 9. The number of carbonyl (C=O) groups is 1. The quantitative estimate of drug-likeness (QED) is 0.705. The monoisotopic (exact) mass is 393 g/mol. The van der Waals surface area contributed by atoms with Crippen LogP contribution in [0.2, 0.25) is 0 Å². The number of hydrogen-bond donors (Lipinski definition) is 1. The Balaban J connectivity index is 1.32. The summed E-state index contributed by atoms with van der Waals surface area (Å²) in [6.07, 6.45) is 4.87. The van der Waals surface area contributed by atoms with Gasteiger partial charge < -0.3 is 15.0 Å². The van der Waals surface area contributed by atoms with E-state index in [1.165, 1.54) is 5.56 Å². The Kier molecular flexibility index (Phi) is 8.13. The second-order valence-electron chi connectivity index (χ2n) is 7.13. The lowest BCUT2D eigenvalue weighted by Gasteiger charge is -2.34. The maximum absolute atomic E-state index is 12.5. The van der Waals surface area contributed by atoms with E-state index in [2.05, 4.69) is 46.6 Å². The van der Waals surface area contributed by atoms with E-state index in [1.54, 1.807) is 0 Å². The minimum absolute atomic E-state index is 0.225. The molecule has 154 valence electrons. The number of piperazine rings is 1. The van der Waals surface area contributed by atoms with Gasteiger partial charge in [-0.15, -0.1) is 0 Å². The third kappa shape index (κ3) is 6.95. The predicted octanol–water partition coefficient (Wildman–Crippen LogP) is 3.74. The fraction of sp³-hybridized carbons (Fsp3) is 0.375. The zero-order chi connectivity index (χ0) is 20.3. The van der Waals surface area contributed by atoms with E-state index >= 15 is 0 Å². The van der Waals surface area contributed by atoms with E-state index in [0.29, 0.717) is 19.6 Å². The van der Waals surface area contributed by atoms with E-state index < -0.39 is 0 Å². The molecule has 1 N–H and O–H groups in total. The summed E-state index contributed by atoms with van der Waals surface area (Å²) in [5.41, 5.74) is 2.23. The molecule has 2 aromatic rings. The fourth-order valence-electron chi connectivity index (χ4n) is 3.39. The Bertz CT molecular complexity index is 766. The van der Waals surface area contributed by atoms with Crippen molar-refractivity contribution in [1.82, 2.24) is 9.80 Å². The average molecular weight is 394 g/mol. The van der Waals surface area contributed by atoms with Gasteiger partial charge in [0, 0.05) is 51.4 Å². The maximum atomic E-state index is 12.5. The Hall–Kier alpha value is -2.79. The van der Waals surface area contributed by atoms with Crippen molar-refractivity contribution >= 4 is 17.7 Å². The first-order valence-electron chi connectivity index (χ1n) is 10.4. The van der Waals surface area contributed by atoms with Crippen molar-refractivity contribution in [2.75, 3.05) is 51.2 Å². The van der Waals surface area contributed by atoms with Crippen LogP contribution in [0.5, 0.6) is 5.75 Å². The lowest BCUT2D eigenvalue weighted by atomic mass is 10.2. The largest absolute Gasteiger partial charge is 0.494 e. The number of amides is 1. The molecule has 0 bridgehead atoms. The molecule has 1 aliphatic rings. The highest BCUT2D eigenvalue weighted by molar-refractivity contribution is 5.76. The highest BCUT2D eigenvalue weighted by Gasteiger charge is 2.19. The van der Waals surface area contributed by atoms with Crippen LogP contribution in [0.3, 0.4) is 0 Å². The zero-order valence-electron chi connectivity index (χ0n) is 17.2. The van der Waals surface area contributed by atoms with E-state index in [1.807, 2.05) is 42.2 Å². The Morgan fingerprint density at radius 3 is 2.45 bits per heavy atom. The van der Waals surface area contributed by atoms with Gasteiger partial charge in [0.15, 0.2) is 0 Å². The number of nitrogens with zero attached hydrogens (tertiary/aromatic N) is 2. The van der Waals surface area contributed by atoms with Crippen molar-refractivity contribution in [1.29, 1.82) is 0 Å². The molecule has 0 unspecified atom stereocenters. The summed E-state index contributed by atoms with van der Waals surface area (Å²) in [6.45, 7) is 7.68. The van der Waals surface area contributed by atoms with Gasteiger partial charge in [-0.25, -0.2) is 0 Å². The van der Waals surface area contributed by atoms with E-state index in [0.717, 1.165) is 44.2 Å². The number of anilines is 1. The van der Waals surface area contributed by atoms with Gasteiger partial charge in [-0.2, -0.15) is 0 Å². The Labute approximate surface area is 174 Å². The molecule has 3 rings (SSSR count). The van der Waals surface area contributed by atoms with E-state index in [-0.39, 0.29) is 5.91 Å². The van der Waals surface area contributed by atoms with Gasteiger partial charge in [-0.3, -0.25) is 9.69 Å². The molecule has 0 aromatic heterocycles. The molecule has 0 radical (unpaired) electrons. The normalized spacial score (nSPS) is 14.9. The molecule has 1 amide bonds. The van der Waals surface area contributed by atoms with Crippen molar-refractivity contribution in [3.8, 4) is 5.75 Å². The minimum Gasteiger partial charge on any atom is -0.494 e. The van der Waals surface area contributed by atoms with Gasteiger partial charge in [-0.1, -0.05) is 42.5 Å². The van der Waals surface area contributed by atoms with Crippen LogP contribution >= 0.6 is 0 Å². The molecule has 1 fully saturated rings. The van der Waals surface area contributed by atoms with Crippen molar-refractivity contribution < 1.29 is 9.53 Å². The molecular formula is C24H31N3O2. The molecule has 2 aromatic carbocycles. The second-order valence-corrected chi connectivity index (χ2v) is 7.13. The van der Waals surface area contributed by atoms with Crippen LogP contribution in [0.25, 0.3) is 6.08 Å². The number of benzene rings is 2. The van der Waals surface area contributed by atoms with Crippen molar-refractivity contribution in [2.24, 2.45) is 0 Å². The zero-order valence-corrected chi connectivity index (χ0v) is 17.2. The molecule has 1 saturated heterocycles. The topological polar surface area (TPSA) is 44.8 Å². The van der Waals surface area contributed by atoms with E-state index in [9.17, 15) is 4.79 Å². The summed E-state index contributed by atoms with van der Waals surface area (Å²) in [4.78, 5) is 16.8. The lowest BCUT2D eigenvalue weighted by molar-refractivity contribution is -0.132. The number of ether oxygens (including phenoxy) is 1. The van der Waals surface area contributed by atoms with Crippen LogP contribution < -0.4 is 10.1 Å². The van der Waals surface area contributed by atoms with Crippen LogP contribution in [0.15, 0.2) is 60.7 Å².